The second-order valence-electron chi connectivity index (χ2n) is 5.45. The highest BCUT2D eigenvalue weighted by atomic mass is 35.5. The molecule has 0 aliphatic carbocycles. The standard InChI is InChI=1S/C19H16ClN3O3S/c1-26-16-8-6-15(7-9-16)23-11-10-21-18(19(23)25)27-12-17(24)22-14-4-2-13(20)3-5-14/h2-11H,12H2,1H3,(H,22,24). The SMILES string of the molecule is COc1ccc(-n2ccnc(SCC(=O)Nc3ccc(Cl)cc3)c2=O)cc1. The Morgan fingerprint density at radius 3 is 2.56 bits per heavy atom. The van der Waals surface area contributed by atoms with Gasteiger partial charge in [0.15, 0.2) is 5.03 Å². The third-order valence-corrected chi connectivity index (χ3v) is 4.84. The molecule has 27 heavy (non-hydrogen) atoms. The Hall–Kier alpha value is -2.77. The Kier molecular flexibility index (Phi) is 6.16. The molecular weight excluding hydrogens is 386 g/mol. The van der Waals surface area contributed by atoms with E-state index in [0.717, 1.165) is 11.8 Å². The molecule has 1 heterocycles. The van der Waals surface area contributed by atoms with E-state index in [0.29, 0.717) is 22.1 Å². The van der Waals surface area contributed by atoms with Gasteiger partial charge in [0.25, 0.3) is 5.56 Å². The number of anilines is 1. The second-order valence-corrected chi connectivity index (χ2v) is 6.85. The lowest BCUT2D eigenvalue weighted by Gasteiger charge is -2.08. The van der Waals surface area contributed by atoms with Crippen LogP contribution in [0.2, 0.25) is 5.02 Å². The molecular formula is C19H16ClN3O3S. The molecule has 1 N–H and O–H groups in total. The van der Waals surface area contributed by atoms with Gasteiger partial charge >= 0.3 is 0 Å². The Morgan fingerprint density at radius 2 is 1.89 bits per heavy atom. The minimum Gasteiger partial charge on any atom is -0.497 e. The zero-order valence-electron chi connectivity index (χ0n) is 14.4. The molecule has 0 aliphatic rings. The summed E-state index contributed by atoms with van der Waals surface area (Å²) < 4.78 is 6.60. The lowest BCUT2D eigenvalue weighted by atomic mass is 10.3. The summed E-state index contributed by atoms with van der Waals surface area (Å²) in [4.78, 5) is 28.8. The Bertz CT molecular complexity index is 988. The van der Waals surface area contributed by atoms with E-state index in [4.69, 9.17) is 16.3 Å². The number of ether oxygens (including phenoxy) is 1. The number of amides is 1. The largest absolute Gasteiger partial charge is 0.497 e. The number of thioether (sulfide) groups is 1. The van der Waals surface area contributed by atoms with Gasteiger partial charge in [0.2, 0.25) is 5.91 Å². The van der Waals surface area contributed by atoms with Gasteiger partial charge in [-0.3, -0.25) is 14.2 Å². The number of hydrogen-bond acceptors (Lipinski definition) is 5. The van der Waals surface area contributed by atoms with Crippen molar-refractivity contribution in [3.8, 4) is 11.4 Å². The van der Waals surface area contributed by atoms with Gasteiger partial charge in [-0.25, -0.2) is 4.98 Å². The first kappa shape index (κ1) is 19.0. The minimum absolute atomic E-state index is 0.0670. The van der Waals surface area contributed by atoms with Crippen LogP contribution in [0.15, 0.2) is 70.7 Å². The van der Waals surface area contributed by atoms with Crippen LogP contribution in [0.3, 0.4) is 0 Å². The molecule has 0 saturated heterocycles. The highest BCUT2D eigenvalue weighted by Gasteiger charge is 2.10. The fraction of sp³-hybridized carbons (Fsp3) is 0.105. The van der Waals surface area contributed by atoms with Crippen LogP contribution < -0.4 is 15.6 Å². The van der Waals surface area contributed by atoms with Crippen LogP contribution in [0.1, 0.15) is 0 Å². The van der Waals surface area contributed by atoms with E-state index < -0.39 is 0 Å². The predicted octanol–water partition coefficient (Wildman–Crippen LogP) is 3.63. The summed E-state index contributed by atoms with van der Waals surface area (Å²) >= 11 is 6.91. The van der Waals surface area contributed by atoms with Crippen molar-refractivity contribution >= 4 is 35.0 Å². The van der Waals surface area contributed by atoms with Gasteiger partial charge in [-0.15, -0.1) is 0 Å². The van der Waals surface area contributed by atoms with Gasteiger partial charge in [-0.2, -0.15) is 0 Å². The molecule has 138 valence electrons. The Labute approximate surface area is 165 Å². The third kappa shape index (κ3) is 4.90. The summed E-state index contributed by atoms with van der Waals surface area (Å²) in [6.45, 7) is 0. The molecule has 0 atom stereocenters. The molecule has 0 fully saturated rings. The quantitative estimate of drug-likeness (QED) is 0.638. The molecule has 8 heteroatoms. The molecule has 3 aromatic rings. The van der Waals surface area contributed by atoms with Crippen molar-refractivity contribution in [2.75, 3.05) is 18.2 Å². The van der Waals surface area contributed by atoms with E-state index in [1.165, 1.54) is 10.8 Å². The molecule has 0 unspecified atom stereocenters. The first-order valence-corrected chi connectivity index (χ1v) is 9.33. The van der Waals surface area contributed by atoms with Gasteiger partial charge in [0, 0.05) is 28.8 Å². The summed E-state index contributed by atoms with van der Waals surface area (Å²) in [5.74, 6) is 0.537. The summed E-state index contributed by atoms with van der Waals surface area (Å²) in [5.41, 5.74) is 1.05. The summed E-state index contributed by atoms with van der Waals surface area (Å²) in [5, 5.41) is 3.59. The number of hydrogen-bond donors (Lipinski definition) is 1. The predicted molar refractivity (Wildman–Crippen MR) is 107 cm³/mol. The van der Waals surface area contributed by atoms with E-state index in [9.17, 15) is 9.59 Å². The van der Waals surface area contributed by atoms with Crippen LogP contribution in [-0.2, 0) is 4.79 Å². The maximum Gasteiger partial charge on any atom is 0.287 e. The van der Waals surface area contributed by atoms with E-state index in [-0.39, 0.29) is 22.2 Å². The van der Waals surface area contributed by atoms with Gasteiger partial charge in [0.05, 0.1) is 12.9 Å². The van der Waals surface area contributed by atoms with Crippen molar-refractivity contribution in [1.82, 2.24) is 9.55 Å². The molecule has 1 amide bonds. The zero-order valence-corrected chi connectivity index (χ0v) is 16.0. The maximum absolute atomic E-state index is 12.6. The highest BCUT2D eigenvalue weighted by molar-refractivity contribution is 7.99. The molecule has 0 radical (unpaired) electrons. The molecule has 1 aromatic heterocycles. The van der Waals surface area contributed by atoms with Gasteiger partial charge < -0.3 is 10.1 Å². The fourth-order valence-corrected chi connectivity index (χ4v) is 3.13. The van der Waals surface area contributed by atoms with Crippen molar-refractivity contribution in [1.29, 1.82) is 0 Å². The smallest absolute Gasteiger partial charge is 0.287 e. The number of methoxy groups -OCH3 is 1. The Balaban J connectivity index is 1.69. The van der Waals surface area contributed by atoms with Crippen LogP contribution in [0.4, 0.5) is 5.69 Å². The van der Waals surface area contributed by atoms with Crippen LogP contribution in [0.5, 0.6) is 5.75 Å². The number of rotatable bonds is 6. The molecule has 0 bridgehead atoms. The molecule has 3 rings (SSSR count). The monoisotopic (exact) mass is 401 g/mol. The van der Waals surface area contributed by atoms with Crippen molar-refractivity contribution in [2.45, 2.75) is 5.03 Å². The van der Waals surface area contributed by atoms with Crippen molar-refractivity contribution in [3.63, 3.8) is 0 Å². The molecule has 0 aliphatic heterocycles. The number of aromatic nitrogens is 2. The van der Waals surface area contributed by atoms with E-state index >= 15 is 0 Å². The van der Waals surface area contributed by atoms with Crippen molar-refractivity contribution in [2.24, 2.45) is 0 Å². The number of halogens is 1. The molecule has 2 aromatic carbocycles. The van der Waals surface area contributed by atoms with Crippen molar-refractivity contribution in [3.05, 3.63) is 76.3 Å². The van der Waals surface area contributed by atoms with E-state index in [1.54, 1.807) is 61.8 Å². The van der Waals surface area contributed by atoms with Crippen LogP contribution in [0, 0.1) is 0 Å². The number of nitrogens with one attached hydrogen (secondary N) is 1. The summed E-state index contributed by atoms with van der Waals surface area (Å²) in [6, 6.07) is 13.9. The third-order valence-electron chi connectivity index (χ3n) is 3.63. The second kappa shape index (κ2) is 8.75. The minimum atomic E-state index is -0.285. The van der Waals surface area contributed by atoms with Gasteiger partial charge in [-0.05, 0) is 48.5 Å². The zero-order chi connectivity index (χ0) is 19.2. The molecule has 6 nitrogen and oxygen atoms in total. The highest BCUT2D eigenvalue weighted by Crippen LogP contribution is 2.17. The van der Waals surface area contributed by atoms with Crippen LogP contribution in [0.25, 0.3) is 5.69 Å². The maximum atomic E-state index is 12.6. The first-order valence-electron chi connectivity index (χ1n) is 7.97. The van der Waals surface area contributed by atoms with Crippen molar-refractivity contribution < 1.29 is 9.53 Å². The first-order chi connectivity index (χ1) is 13.1. The normalized spacial score (nSPS) is 10.4. The lowest BCUT2D eigenvalue weighted by Crippen LogP contribution is -2.22. The molecule has 0 spiro atoms. The van der Waals surface area contributed by atoms with E-state index in [2.05, 4.69) is 10.3 Å². The summed E-state index contributed by atoms with van der Waals surface area (Å²) in [7, 11) is 1.58. The average molecular weight is 402 g/mol. The lowest BCUT2D eigenvalue weighted by molar-refractivity contribution is -0.113. The van der Waals surface area contributed by atoms with E-state index in [1.807, 2.05) is 0 Å². The Morgan fingerprint density at radius 1 is 1.19 bits per heavy atom. The molecule has 0 saturated carbocycles. The number of carbonyl (C=O) groups is 1. The van der Waals surface area contributed by atoms with Crippen LogP contribution in [-0.4, -0.2) is 28.3 Å². The number of carbonyl (C=O) groups excluding carboxylic acids is 1. The number of nitrogens with zero attached hydrogens (tertiary/aromatic N) is 2. The topological polar surface area (TPSA) is 73.2 Å². The number of benzene rings is 2. The van der Waals surface area contributed by atoms with Gasteiger partial charge in [-0.1, -0.05) is 23.4 Å². The fourth-order valence-electron chi connectivity index (χ4n) is 2.30. The van der Waals surface area contributed by atoms with Crippen LogP contribution >= 0.6 is 23.4 Å². The van der Waals surface area contributed by atoms with Gasteiger partial charge in [0.1, 0.15) is 5.75 Å². The summed E-state index contributed by atoms with van der Waals surface area (Å²) in [6.07, 6.45) is 3.12. The average Bonchev–Trinajstić information content (AvgIpc) is 2.69.